The van der Waals surface area contributed by atoms with Crippen molar-refractivity contribution in [2.45, 2.75) is 69.0 Å². The van der Waals surface area contributed by atoms with Gasteiger partial charge in [-0.3, -0.25) is 0 Å². The van der Waals surface area contributed by atoms with Gasteiger partial charge in [-0.2, -0.15) is 4.31 Å². The molecule has 1 aliphatic heterocycles. The highest BCUT2D eigenvalue weighted by Crippen LogP contribution is 2.31. The number of rotatable bonds is 9. The van der Waals surface area contributed by atoms with Gasteiger partial charge in [-0.15, -0.1) is 0 Å². The molecule has 0 saturated carbocycles. The Bertz CT molecular complexity index is 1230. The molecule has 0 amide bonds. The third-order valence-electron chi connectivity index (χ3n) is 6.29. The van der Waals surface area contributed by atoms with Crippen molar-refractivity contribution in [2.24, 2.45) is 0 Å². The van der Waals surface area contributed by atoms with Crippen molar-refractivity contribution in [3.63, 3.8) is 0 Å². The average molecular weight is 488 g/mol. The van der Waals surface area contributed by atoms with E-state index in [-0.39, 0.29) is 6.10 Å². The number of nitrogens with zero attached hydrogens (tertiary/aromatic N) is 3. The van der Waals surface area contributed by atoms with Gasteiger partial charge in [0, 0.05) is 25.4 Å². The Labute approximate surface area is 201 Å². The van der Waals surface area contributed by atoms with Crippen LogP contribution in [-0.4, -0.2) is 48.1 Å². The lowest BCUT2D eigenvalue weighted by molar-refractivity contribution is 0.0960. The summed E-state index contributed by atoms with van der Waals surface area (Å²) in [6.45, 7) is 10.4. The van der Waals surface area contributed by atoms with Gasteiger partial charge in [0.2, 0.25) is 10.0 Å². The van der Waals surface area contributed by atoms with Crippen molar-refractivity contribution in [1.29, 1.82) is 0 Å². The Hall–Kier alpha value is -1.87. The molecular weight excluding hydrogens is 454 g/mol. The molecule has 178 valence electrons. The molecule has 1 aromatic heterocycles. The van der Waals surface area contributed by atoms with E-state index in [0.29, 0.717) is 23.5 Å². The fraction of sp³-hybridized carbons (Fsp3) is 0.480. The maximum atomic E-state index is 13.1. The summed E-state index contributed by atoms with van der Waals surface area (Å²) in [5, 5.41) is 0.901. The van der Waals surface area contributed by atoms with E-state index in [4.69, 9.17) is 9.72 Å². The summed E-state index contributed by atoms with van der Waals surface area (Å²) in [5.74, 6) is 0.811. The zero-order chi connectivity index (χ0) is 23.6. The zero-order valence-electron chi connectivity index (χ0n) is 19.9. The Kier molecular flexibility index (Phi) is 7.48. The first kappa shape index (κ1) is 24.3. The lowest BCUT2D eigenvalue weighted by Crippen LogP contribution is -2.30. The topological polar surface area (TPSA) is 64.4 Å². The number of thioether (sulfide) groups is 1. The molecule has 1 atom stereocenters. The summed E-state index contributed by atoms with van der Waals surface area (Å²) in [7, 11) is -3.53. The minimum Gasteiger partial charge on any atom is -0.376 e. The third-order valence-corrected chi connectivity index (χ3v) is 9.36. The van der Waals surface area contributed by atoms with Crippen LogP contribution in [0.2, 0.25) is 0 Å². The molecule has 0 unspecified atom stereocenters. The van der Waals surface area contributed by atoms with Crippen LogP contribution in [-0.2, 0) is 27.1 Å². The second-order valence-corrected chi connectivity index (χ2v) is 11.5. The first-order chi connectivity index (χ1) is 15.8. The molecule has 0 aliphatic carbocycles. The lowest BCUT2D eigenvalue weighted by Gasteiger charge is -2.18. The Morgan fingerprint density at radius 2 is 1.94 bits per heavy atom. The number of sulfonamides is 1. The molecule has 2 heterocycles. The minimum atomic E-state index is -3.53. The van der Waals surface area contributed by atoms with Crippen LogP contribution in [0.4, 0.5) is 0 Å². The molecule has 0 N–H and O–H groups in total. The van der Waals surface area contributed by atoms with Crippen molar-refractivity contribution >= 4 is 32.8 Å². The zero-order valence-corrected chi connectivity index (χ0v) is 21.5. The average Bonchev–Trinajstić information content (AvgIpc) is 3.42. The van der Waals surface area contributed by atoms with E-state index in [1.54, 1.807) is 23.9 Å². The molecule has 8 heteroatoms. The smallest absolute Gasteiger partial charge is 0.243 e. The number of aryl methyl sites for hydroxylation is 2. The maximum Gasteiger partial charge on any atom is 0.243 e. The Morgan fingerprint density at radius 3 is 2.61 bits per heavy atom. The van der Waals surface area contributed by atoms with Crippen LogP contribution in [0.25, 0.3) is 11.0 Å². The third kappa shape index (κ3) is 5.14. The molecule has 4 rings (SSSR count). The minimum absolute atomic E-state index is 0.168. The first-order valence-corrected chi connectivity index (χ1v) is 14.1. The summed E-state index contributed by atoms with van der Waals surface area (Å²) >= 11 is 1.69. The standard InChI is InChI=1S/C25H33N3O3S2/c1-5-27(6-2)33(29,30)22-11-12-24-23(15-22)26-25(28(24)16-21-8-7-13-31-21)32-17-20-10-9-18(3)14-19(20)4/h9-12,14-15,21H,5-8,13,16-17H2,1-4H3/t21-/m0/s1. The number of fused-ring (bicyclic) bond motifs is 1. The maximum absolute atomic E-state index is 13.1. The highest BCUT2D eigenvalue weighted by atomic mass is 32.2. The number of aromatic nitrogens is 2. The van der Waals surface area contributed by atoms with Crippen molar-refractivity contribution in [1.82, 2.24) is 13.9 Å². The number of hydrogen-bond donors (Lipinski definition) is 0. The predicted octanol–water partition coefficient (Wildman–Crippen LogP) is 5.15. The predicted molar refractivity (Wildman–Crippen MR) is 134 cm³/mol. The number of imidazole rings is 1. The monoisotopic (exact) mass is 487 g/mol. The summed E-state index contributed by atoms with van der Waals surface area (Å²) in [6.07, 6.45) is 2.28. The van der Waals surface area contributed by atoms with E-state index in [9.17, 15) is 8.42 Å². The molecule has 0 bridgehead atoms. The molecular formula is C25H33N3O3S2. The summed E-state index contributed by atoms with van der Waals surface area (Å²) in [5.41, 5.74) is 5.48. The van der Waals surface area contributed by atoms with E-state index < -0.39 is 10.0 Å². The fourth-order valence-electron chi connectivity index (χ4n) is 4.39. The summed E-state index contributed by atoms with van der Waals surface area (Å²) in [6, 6.07) is 11.9. The van der Waals surface area contributed by atoms with Gasteiger partial charge in [0.15, 0.2) is 5.16 Å². The van der Waals surface area contributed by atoms with E-state index in [1.165, 1.54) is 21.0 Å². The summed E-state index contributed by atoms with van der Waals surface area (Å²) < 4.78 is 35.7. The van der Waals surface area contributed by atoms with E-state index in [2.05, 4.69) is 36.6 Å². The first-order valence-electron chi connectivity index (χ1n) is 11.6. The van der Waals surface area contributed by atoms with Gasteiger partial charge in [0.1, 0.15) is 0 Å². The van der Waals surface area contributed by atoms with E-state index >= 15 is 0 Å². The SMILES string of the molecule is CCN(CC)S(=O)(=O)c1ccc2c(c1)nc(SCc1ccc(C)cc1C)n2C[C@@H]1CCCO1. The van der Waals surface area contributed by atoms with Crippen LogP contribution in [0.1, 0.15) is 43.4 Å². The van der Waals surface area contributed by atoms with E-state index in [0.717, 1.165) is 42.4 Å². The van der Waals surface area contributed by atoms with Crippen molar-refractivity contribution in [2.75, 3.05) is 19.7 Å². The Morgan fingerprint density at radius 1 is 1.15 bits per heavy atom. The van der Waals surface area contributed by atoms with Crippen LogP contribution in [0.15, 0.2) is 46.5 Å². The molecule has 3 aromatic rings. The van der Waals surface area contributed by atoms with Crippen LogP contribution < -0.4 is 0 Å². The Balaban J connectivity index is 1.70. The second kappa shape index (κ2) is 10.2. The second-order valence-electron chi connectivity index (χ2n) is 8.60. The molecule has 6 nitrogen and oxygen atoms in total. The van der Waals surface area contributed by atoms with Crippen LogP contribution in [0, 0.1) is 13.8 Å². The molecule has 0 spiro atoms. The highest BCUT2D eigenvalue weighted by molar-refractivity contribution is 7.98. The van der Waals surface area contributed by atoms with Gasteiger partial charge in [0.25, 0.3) is 0 Å². The molecule has 2 aromatic carbocycles. The van der Waals surface area contributed by atoms with Crippen molar-refractivity contribution < 1.29 is 13.2 Å². The highest BCUT2D eigenvalue weighted by Gasteiger charge is 2.24. The van der Waals surface area contributed by atoms with Gasteiger partial charge >= 0.3 is 0 Å². The van der Waals surface area contributed by atoms with Crippen LogP contribution in [0.3, 0.4) is 0 Å². The summed E-state index contributed by atoms with van der Waals surface area (Å²) in [4.78, 5) is 5.19. The van der Waals surface area contributed by atoms with Gasteiger partial charge < -0.3 is 9.30 Å². The van der Waals surface area contributed by atoms with Gasteiger partial charge in [-0.05, 0) is 56.0 Å². The molecule has 33 heavy (non-hydrogen) atoms. The van der Waals surface area contributed by atoms with E-state index in [1.807, 2.05) is 19.9 Å². The number of benzene rings is 2. The van der Waals surface area contributed by atoms with Gasteiger partial charge in [0.05, 0.1) is 28.6 Å². The normalized spacial score (nSPS) is 16.8. The quantitative estimate of drug-likeness (QED) is 0.390. The number of hydrogen-bond acceptors (Lipinski definition) is 5. The van der Waals surface area contributed by atoms with Gasteiger partial charge in [-0.25, -0.2) is 13.4 Å². The molecule has 1 aliphatic rings. The van der Waals surface area contributed by atoms with Crippen LogP contribution >= 0.6 is 11.8 Å². The molecule has 1 fully saturated rings. The fourth-order valence-corrected chi connectivity index (χ4v) is 6.97. The molecule has 0 radical (unpaired) electrons. The van der Waals surface area contributed by atoms with Crippen LogP contribution in [0.5, 0.6) is 0 Å². The molecule has 1 saturated heterocycles. The van der Waals surface area contributed by atoms with Gasteiger partial charge in [-0.1, -0.05) is 49.4 Å². The number of ether oxygens (including phenoxy) is 1. The van der Waals surface area contributed by atoms with Crippen molar-refractivity contribution in [3.05, 3.63) is 53.1 Å². The largest absolute Gasteiger partial charge is 0.376 e. The van der Waals surface area contributed by atoms with Crippen molar-refractivity contribution in [3.8, 4) is 0 Å². The lowest BCUT2D eigenvalue weighted by atomic mass is 10.1.